The van der Waals surface area contributed by atoms with Gasteiger partial charge in [0.05, 0.1) is 6.61 Å². The first-order chi connectivity index (χ1) is 8.08. The van der Waals surface area contributed by atoms with Crippen LogP contribution in [0.1, 0.15) is 13.8 Å². The van der Waals surface area contributed by atoms with E-state index in [-0.39, 0.29) is 0 Å². The van der Waals surface area contributed by atoms with Gasteiger partial charge in [-0.25, -0.2) is 9.59 Å². The molecular weight excluding hydrogens is 257 g/mol. The zero-order valence-corrected chi connectivity index (χ0v) is 9.86. The van der Waals surface area contributed by atoms with Crippen molar-refractivity contribution in [3.8, 4) is 0 Å². The van der Waals surface area contributed by atoms with E-state index in [1.807, 2.05) is 5.32 Å². The van der Waals surface area contributed by atoms with E-state index < -0.39 is 43.4 Å². The normalized spacial score (nSPS) is 13.3. The molecule has 0 bridgehead atoms. The van der Waals surface area contributed by atoms with E-state index in [0.717, 1.165) is 0 Å². The maximum Gasteiger partial charge on any atom is 0.406 e. The average molecular weight is 272 g/mol. The van der Waals surface area contributed by atoms with Crippen LogP contribution in [0, 0.1) is 0 Å². The fourth-order valence-corrected chi connectivity index (χ4v) is 1.10. The van der Waals surface area contributed by atoms with E-state index in [4.69, 9.17) is 10.2 Å². The second-order valence-corrected chi connectivity index (χ2v) is 3.86. The molecule has 3 N–H and O–H groups in total. The second kappa shape index (κ2) is 6.43. The van der Waals surface area contributed by atoms with Crippen molar-refractivity contribution in [2.24, 2.45) is 0 Å². The molecule has 0 saturated heterocycles. The third-order valence-electron chi connectivity index (χ3n) is 2.01. The summed E-state index contributed by atoms with van der Waals surface area (Å²) in [6.45, 7) is 0.327. The molecule has 18 heavy (non-hydrogen) atoms. The number of nitrogens with one attached hydrogen (secondary N) is 1. The highest BCUT2D eigenvalue weighted by Crippen LogP contribution is 2.18. The van der Waals surface area contributed by atoms with Crippen molar-refractivity contribution < 1.29 is 33.0 Å². The van der Waals surface area contributed by atoms with Gasteiger partial charge >= 0.3 is 18.2 Å². The second-order valence-electron chi connectivity index (χ2n) is 3.86. The Kier molecular flexibility index (Phi) is 5.89. The minimum Gasteiger partial charge on any atom is -0.480 e. The predicted octanol–water partition coefficient (Wildman–Crippen LogP) is 0.414. The van der Waals surface area contributed by atoms with Crippen molar-refractivity contribution >= 4 is 12.0 Å². The zero-order valence-electron chi connectivity index (χ0n) is 9.86. The van der Waals surface area contributed by atoms with Crippen molar-refractivity contribution in [1.29, 1.82) is 0 Å². The van der Waals surface area contributed by atoms with Gasteiger partial charge < -0.3 is 20.4 Å². The van der Waals surface area contributed by atoms with Crippen LogP contribution in [0.15, 0.2) is 0 Å². The summed E-state index contributed by atoms with van der Waals surface area (Å²) in [5.41, 5.74) is 0. The van der Waals surface area contributed by atoms with Gasteiger partial charge in [0.1, 0.15) is 6.54 Å². The highest BCUT2D eigenvalue weighted by molar-refractivity contribution is 5.82. The molecule has 0 heterocycles. The number of alkyl halides is 3. The van der Waals surface area contributed by atoms with Crippen molar-refractivity contribution in [1.82, 2.24) is 10.2 Å². The van der Waals surface area contributed by atoms with Crippen LogP contribution < -0.4 is 5.32 Å². The van der Waals surface area contributed by atoms with Crippen LogP contribution >= 0.6 is 0 Å². The van der Waals surface area contributed by atoms with Gasteiger partial charge in [-0.1, -0.05) is 0 Å². The Morgan fingerprint density at radius 3 is 2.11 bits per heavy atom. The number of amides is 2. The number of aliphatic hydroxyl groups excluding tert-OH is 1. The fraction of sp³-hybridized carbons (Fsp3) is 0.778. The van der Waals surface area contributed by atoms with E-state index >= 15 is 0 Å². The quantitative estimate of drug-likeness (QED) is 0.676. The summed E-state index contributed by atoms with van der Waals surface area (Å²) < 4.78 is 36.7. The Hall–Kier alpha value is -1.51. The average Bonchev–Trinajstić information content (AvgIpc) is 2.20. The molecule has 0 unspecified atom stereocenters. The van der Waals surface area contributed by atoms with E-state index in [0.29, 0.717) is 4.90 Å². The molecule has 106 valence electrons. The number of rotatable bonds is 5. The van der Waals surface area contributed by atoms with Crippen molar-refractivity contribution in [2.45, 2.75) is 32.1 Å². The number of carbonyl (C=O) groups excluding carboxylic acids is 1. The van der Waals surface area contributed by atoms with E-state index in [2.05, 4.69) is 0 Å². The molecule has 1 atom stereocenters. The van der Waals surface area contributed by atoms with Gasteiger partial charge in [0.25, 0.3) is 0 Å². The van der Waals surface area contributed by atoms with E-state index in [9.17, 15) is 22.8 Å². The van der Waals surface area contributed by atoms with E-state index in [1.165, 1.54) is 13.8 Å². The summed E-state index contributed by atoms with van der Waals surface area (Å²) in [5, 5.41) is 19.0. The lowest BCUT2D eigenvalue weighted by Crippen LogP contribution is -2.53. The number of carboxylic acid groups (broad SMARTS) is 1. The number of urea groups is 1. The van der Waals surface area contributed by atoms with E-state index in [1.54, 1.807) is 0 Å². The summed E-state index contributed by atoms with van der Waals surface area (Å²) in [6.07, 6.45) is -4.58. The summed E-state index contributed by atoms with van der Waals surface area (Å²) >= 11 is 0. The first kappa shape index (κ1) is 16.5. The lowest BCUT2D eigenvalue weighted by molar-refractivity contribution is -0.143. The Balaban J connectivity index is 4.72. The summed E-state index contributed by atoms with van der Waals surface area (Å²) in [4.78, 5) is 22.4. The third kappa shape index (κ3) is 5.71. The zero-order chi connectivity index (χ0) is 14.5. The van der Waals surface area contributed by atoms with Crippen LogP contribution in [-0.4, -0.2) is 58.5 Å². The maximum atomic E-state index is 12.2. The van der Waals surface area contributed by atoms with Gasteiger partial charge in [0.2, 0.25) is 0 Å². The summed E-state index contributed by atoms with van der Waals surface area (Å²) in [6, 6.07) is -3.59. The third-order valence-corrected chi connectivity index (χ3v) is 2.01. The lowest BCUT2D eigenvalue weighted by Gasteiger charge is -2.28. The smallest absolute Gasteiger partial charge is 0.406 e. The Morgan fingerprint density at radius 2 is 1.83 bits per heavy atom. The number of aliphatic carboxylic acids is 1. The molecule has 0 radical (unpaired) electrons. The van der Waals surface area contributed by atoms with Crippen molar-refractivity contribution in [2.75, 3.05) is 13.2 Å². The Morgan fingerprint density at radius 1 is 1.33 bits per heavy atom. The Labute approximate surface area is 101 Å². The lowest BCUT2D eigenvalue weighted by atomic mass is 10.3. The number of nitrogens with zero attached hydrogens (tertiary/aromatic N) is 1. The largest absolute Gasteiger partial charge is 0.480 e. The summed E-state index contributed by atoms with van der Waals surface area (Å²) in [5.74, 6) is -1.53. The number of halogens is 3. The van der Waals surface area contributed by atoms with Crippen LogP contribution in [-0.2, 0) is 4.79 Å². The SMILES string of the molecule is CC(C)N(CC(F)(F)F)C(=O)N[C@H](CO)C(=O)O. The molecule has 0 fully saturated rings. The number of hydrogen-bond donors (Lipinski definition) is 3. The molecule has 0 aromatic carbocycles. The van der Waals surface area contributed by atoms with Gasteiger partial charge in [-0.3, -0.25) is 0 Å². The molecule has 0 aliphatic rings. The van der Waals surface area contributed by atoms with Crippen molar-refractivity contribution in [3.63, 3.8) is 0 Å². The molecule has 9 heteroatoms. The van der Waals surface area contributed by atoms with Gasteiger partial charge in [-0.05, 0) is 13.8 Å². The molecular formula is C9H15F3N2O4. The predicted molar refractivity (Wildman–Crippen MR) is 54.9 cm³/mol. The Bertz CT molecular complexity index is 307. The molecule has 0 aromatic rings. The minimum atomic E-state index is -4.58. The number of carboxylic acids is 1. The molecule has 0 saturated carbocycles. The first-order valence-corrected chi connectivity index (χ1v) is 5.06. The topological polar surface area (TPSA) is 89.9 Å². The molecule has 0 aliphatic heterocycles. The molecule has 6 nitrogen and oxygen atoms in total. The first-order valence-electron chi connectivity index (χ1n) is 5.06. The van der Waals surface area contributed by atoms with Crippen LogP contribution in [0.5, 0.6) is 0 Å². The molecule has 0 aliphatic carbocycles. The van der Waals surface area contributed by atoms with Gasteiger partial charge in [-0.2, -0.15) is 13.2 Å². The highest BCUT2D eigenvalue weighted by atomic mass is 19.4. The fourth-order valence-electron chi connectivity index (χ4n) is 1.10. The highest BCUT2D eigenvalue weighted by Gasteiger charge is 2.35. The van der Waals surface area contributed by atoms with Crippen LogP contribution in [0.3, 0.4) is 0 Å². The van der Waals surface area contributed by atoms with Crippen LogP contribution in [0.4, 0.5) is 18.0 Å². The molecule has 0 rings (SSSR count). The number of hydrogen-bond acceptors (Lipinski definition) is 3. The van der Waals surface area contributed by atoms with Crippen LogP contribution in [0.25, 0.3) is 0 Å². The monoisotopic (exact) mass is 272 g/mol. The number of aliphatic hydroxyl groups is 1. The summed E-state index contributed by atoms with van der Waals surface area (Å²) in [7, 11) is 0. The molecule has 0 spiro atoms. The van der Waals surface area contributed by atoms with Gasteiger partial charge in [0, 0.05) is 6.04 Å². The van der Waals surface area contributed by atoms with Crippen molar-refractivity contribution in [3.05, 3.63) is 0 Å². The van der Waals surface area contributed by atoms with Gasteiger partial charge in [-0.15, -0.1) is 0 Å². The van der Waals surface area contributed by atoms with Crippen LogP contribution in [0.2, 0.25) is 0 Å². The minimum absolute atomic E-state index is 0.436. The maximum absolute atomic E-state index is 12.2. The molecule has 0 aromatic heterocycles. The standard InChI is InChI=1S/C9H15F3N2O4/c1-5(2)14(4-9(10,11)12)8(18)13-6(3-15)7(16)17/h5-6,15H,3-4H2,1-2H3,(H,13,18)(H,16,17)/t6-/m1/s1. The number of carbonyl (C=O) groups is 2. The molecule has 2 amide bonds. The van der Waals surface area contributed by atoms with Gasteiger partial charge in [0.15, 0.2) is 6.04 Å².